The second-order valence-corrected chi connectivity index (χ2v) is 5.29. The van der Waals surface area contributed by atoms with Gasteiger partial charge in [0.1, 0.15) is 5.82 Å². The minimum atomic E-state index is -0.784. The smallest absolute Gasteiger partial charge is 0.311 e. The molecule has 1 N–H and O–H groups in total. The molecule has 1 aliphatic rings. The Kier molecular flexibility index (Phi) is 3.60. The standard InChI is InChI=1S/C17H16FNO2/c18-13-5-3-4-12(10-13)11-19-9-8-15(17(20)21)14-6-1-2-7-16(14)19/h1-7,10,15H,8-9,11H2,(H,20,21). The zero-order chi connectivity index (χ0) is 14.8. The quantitative estimate of drug-likeness (QED) is 0.939. The lowest BCUT2D eigenvalue weighted by atomic mass is 9.90. The van der Waals surface area contributed by atoms with Gasteiger partial charge in [0.05, 0.1) is 5.92 Å². The van der Waals surface area contributed by atoms with Gasteiger partial charge in [0.2, 0.25) is 0 Å². The van der Waals surface area contributed by atoms with Crippen LogP contribution in [0.2, 0.25) is 0 Å². The highest BCUT2D eigenvalue weighted by atomic mass is 19.1. The summed E-state index contributed by atoms with van der Waals surface area (Å²) in [6.45, 7) is 1.24. The number of rotatable bonds is 3. The molecule has 0 spiro atoms. The van der Waals surface area contributed by atoms with Crippen LogP contribution in [0.5, 0.6) is 0 Å². The van der Waals surface area contributed by atoms with Gasteiger partial charge < -0.3 is 10.0 Å². The van der Waals surface area contributed by atoms with Crippen LogP contribution in [0.3, 0.4) is 0 Å². The van der Waals surface area contributed by atoms with Crippen molar-refractivity contribution < 1.29 is 14.3 Å². The molecular weight excluding hydrogens is 269 g/mol. The Morgan fingerprint density at radius 1 is 1.24 bits per heavy atom. The molecule has 0 saturated heterocycles. The molecule has 3 nitrogen and oxygen atoms in total. The maximum absolute atomic E-state index is 13.3. The van der Waals surface area contributed by atoms with Gasteiger partial charge in [-0.25, -0.2) is 4.39 Å². The number of carboxylic acids is 1. The summed E-state index contributed by atoms with van der Waals surface area (Å²) in [5.74, 6) is -1.49. The third-order valence-corrected chi connectivity index (χ3v) is 3.90. The van der Waals surface area contributed by atoms with E-state index in [0.717, 1.165) is 16.8 Å². The van der Waals surface area contributed by atoms with E-state index in [-0.39, 0.29) is 5.82 Å². The zero-order valence-corrected chi connectivity index (χ0v) is 11.5. The van der Waals surface area contributed by atoms with Gasteiger partial charge in [0, 0.05) is 18.8 Å². The number of fused-ring (bicyclic) bond motifs is 1. The van der Waals surface area contributed by atoms with Crippen molar-refractivity contribution in [3.05, 3.63) is 65.5 Å². The summed E-state index contributed by atoms with van der Waals surface area (Å²) in [6.07, 6.45) is 0.571. The maximum atomic E-state index is 13.3. The molecule has 1 atom stereocenters. The number of para-hydroxylation sites is 1. The number of hydrogen-bond donors (Lipinski definition) is 1. The number of carbonyl (C=O) groups is 1. The Bertz CT molecular complexity index is 671. The van der Waals surface area contributed by atoms with Gasteiger partial charge in [-0.3, -0.25) is 4.79 Å². The number of halogens is 1. The topological polar surface area (TPSA) is 40.5 Å². The SMILES string of the molecule is O=C(O)C1CCN(Cc2cccc(F)c2)c2ccccc21. The van der Waals surface area contributed by atoms with Gasteiger partial charge >= 0.3 is 5.97 Å². The number of nitrogens with zero attached hydrogens (tertiary/aromatic N) is 1. The third kappa shape index (κ3) is 2.75. The van der Waals surface area contributed by atoms with E-state index < -0.39 is 11.9 Å². The Balaban J connectivity index is 1.91. The molecule has 21 heavy (non-hydrogen) atoms. The van der Waals surface area contributed by atoms with E-state index in [4.69, 9.17) is 0 Å². The first kappa shape index (κ1) is 13.6. The summed E-state index contributed by atoms with van der Waals surface area (Å²) in [4.78, 5) is 13.5. The molecule has 0 bridgehead atoms. The fraction of sp³-hybridized carbons (Fsp3) is 0.235. The van der Waals surface area contributed by atoms with E-state index in [1.54, 1.807) is 6.07 Å². The molecule has 0 amide bonds. The van der Waals surface area contributed by atoms with Crippen LogP contribution >= 0.6 is 0 Å². The second-order valence-electron chi connectivity index (χ2n) is 5.29. The van der Waals surface area contributed by atoms with Crippen LogP contribution in [0.25, 0.3) is 0 Å². The van der Waals surface area contributed by atoms with Gasteiger partial charge in [-0.15, -0.1) is 0 Å². The van der Waals surface area contributed by atoms with Crippen molar-refractivity contribution in [2.24, 2.45) is 0 Å². The van der Waals surface area contributed by atoms with E-state index >= 15 is 0 Å². The Hall–Kier alpha value is -2.36. The van der Waals surface area contributed by atoms with Crippen molar-refractivity contribution in [2.75, 3.05) is 11.4 Å². The minimum Gasteiger partial charge on any atom is -0.481 e. The van der Waals surface area contributed by atoms with Crippen molar-refractivity contribution in [1.82, 2.24) is 0 Å². The monoisotopic (exact) mass is 285 g/mol. The van der Waals surface area contributed by atoms with E-state index in [0.29, 0.717) is 19.5 Å². The molecule has 2 aromatic carbocycles. The minimum absolute atomic E-state index is 0.249. The average molecular weight is 285 g/mol. The third-order valence-electron chi connectivity index (χ3n) is 3.90. The van der Waals surface area contributed by atoms with Crippen molar-refractivity contribution in [2.45, 2.75) is 18.9 Å². The van der Waals surface area contributed by atoms with Gasteiger partial charge in [0.15, 0.2) is 0 Å². The van der Waals surface area contributed by atoms with Crippen LogP contribution in [0.4, 0.5) is 10.1 Å². The average Bonchev–Trinajstić information content (AvgIpc) is 2.47. The first-order valence-corrected chi connectivity index (χ1v) is 6.96. The van der Waals surface area contributed by atoms with Crippen molar-refractivity contribution in [3.8, 4) is 0 Å². The lowest BCUT2D eigenvalue weighted by Crippen LogP contribution is -2.33. The van der Waals surface area contributed by atoms with Gasteiger partial charge in [-0.2, -0.15) is 0 Å². The lowest BCUT2D eigenvalue weighted by molar-refractivity contribution is -0.139. The van der Waals surface area contributed by atoms with Gasteiger partial charge in [0.25, 0.3) is 0 Å². The predicted molar refractivity (Wildman–Crippen MR) is 78.9 cm³/mol. The zero-order valence-electron chi connectivity index (χ0n) is 11.5. The molecule has 2 aromatic rings. The van der Waals surface area contributed by atoms with Crippen LogP contribution < -0.4 is 4.90 Å². The highest BCUT2D eigenvalue weighted by molar-refractivity contribution is 5.80. The van der Waals surface area contributed by atoms with Crippen molar-refractivity contribution in [1.29, 1.82) is 0 Å². The van der Waals surface area contributed by atoms with Crippen LogP contribution in [-0.4, -0.2) is 17.6 Å². The fourth-order valence-electron chi connectivity index (χ4n) is 2.91. The first-order chi connectivity index (χ1) is 10.1. The summed E-state index contributed by atoms with van der Waals surface area (Å²) < 4.78 is 13.3. The maximum Gasteiger partial charge on any atom is 0.311 e. The molecule has 3 rings (SSSR count). The second kappa shape index (κ2) is 5.56. The number of benzene rings is 2. The highest BCUT2D eigenvalue weighted by Crippen LogP contribution is 2.36. The molecule has 0 aromatic heterocycles. The van der Waals surface area contributed by atoms with E-state index in [2.05, 4.69) is 4.90 Å². The van der Waals surface area contributed by atoms with E-state index in [1.807, 2.05) is 30.3 Å². The van der Waals surface area contributed by atoms with Crippen molar-refractivity contribution in [3.63, 3.8) is 0 Å². The first-order valence-electron chi connectivity index (χ1n) is 6.96. The number of hydrogen-bond acceptors (Lipinski definition) is 2. The molecule has 0 fully saturated rings. The number of carboxylic acid groups (broad SMARTS) is 1. The number of aliphatic carboxylic acids is 1. The molecule has 1 heterocycles. The highest BCUT2D eigenvalue weighted by Gasteiger charge is 2.29. The molecule has 4 heteroatoms. The molecule has 1 unspecified atom stereocenters. The molecule has 108 valence electrons. The summed E-state index contributed by atoms with van der Waals surface area (Å²) in [6, 6.07) is 14.1. The van der Waals surface area contributed by atoms with E-state index in [1.165, 1.54) is 12.1 Å². The van der Waals surface area contributed by atoms with Crippen LogP contribution in [0, 0.1) is 5.82 Å². The molecular formula is C17H16FNO2. The summed E-state index contributed by atoms with van der Waals surface area (Å²) in [5, 5.41) is 9.33. The fourth-order valence-corrected chi connectivity index (χ4v) is 2.91. The summed E-state index contributed by atoms with van der Waals surface area (Å²) in [7, 11) is 0. The normalized spacial score (nSPS) is 17.4. The van der Waals surface area contributed by atoms with Crippen LogP contribution in [0.15, 0.2) is 48.5 Å². The van der Waals surface area contributed by atoms with E-state index in [9.17, 15) is 14.3 Å². The predicted octanol–water partition coefficient (Wildman–Crippen LogP) is 3.40. The molecule has 1 aliphatic heterocycles. The largest absolute Gasteiger partial charge is 0.481 e. The van der Waals surface area contributed by atoms with Crippen LogP contribution in [-0.2, 0) is 11.3 Å². The molecule has 0 aliphatic carbocycles. The van der Waals surface area contributed by atoms with Crippen LogP contribution in [0.1, 0.15) is 23.5 Å². The molecule has 0 saturated carbocycles. The van der Waals surface area contributed by atoms with Gasteiger partial charge in [-0.05, 0) is 35.7 Å². The van der Waals surface area contributed by atoms with Crippen molar-refractivity contribution >= 4 is 11.7 Å². The Labute approximate surface area is 122 Å². The molecule has 0 radical (unpaired) electrons. The van der Waals surface area contributed by atoms with Gasteiger partial charge in [-0.1, -0.05) is 30.3 Å². The summed E-state index contributed by atoms with van der Waals surface area (Å²) in [5.41, 5.74) is 2.66. The number of anilines is 1. The lowest BCUT2D eigenvalue weighted by Gasteiger charge is -2.34. The Morgan fingerprint density at radius 3 is 2.81 bits per heavy atom. The Morgan fingerprint density at radius 2 is 2.05 bits per heavy atom. The summed E-state index contributed by atoms with van der Waals surface area (Å²) >= 11 is 0.